The number of hydrogen-bond acceptors (Lipinski definition) is 6. The third-order valence-corrected chi connectivity index (χ3v) is 2.94. The van der Waals surface area contributed by atoms with Crippen molar-refractivity contribution in [2.24, 2.45) is 11.5 Å². The van der Waals surface area contributed by atoms with Crippen molar-refractivity contribution >= 4 is 49.2 Å². The predicted molar refractivity (Wildman–Crippen MR) is 94.9 cm³/mol. The molecule has 0 aromatic heterocycles. The molecule has 0 rings (SSSR count). The van der Waals surface area contributed by atoms with Gasteiger partial charge in [-0.2, -0.15) is 0 Å². The minimum atomic E-state index is -1.07. The number of nitrogens with two attached hydrogens (primary N) is 2. The Labute approximate surface area is 154 Å². The summed E-state index contributed by atoms with van der Waals surface area (Å²) in [4.78, 5) is 20.9. The molecule has 0 fully saturated rings. The lowest BCUT2D eigenvalue weighted by Gasteiger charge is -2.13. The third-order valence-electron chi connectivity index (χ3n) is 2.94. The van der Waals surface area contributed by atoms with E-state index in [2.05, 4.69) is 5.32 Å². The van der Waals surface area contributed by atoms with Gasteiger partial charge in [0.25, 0.3) is 0 Å². The summed E-state index contributed by atoms with van der Waals surface area (Å²) in [6.07, 6.45) is 1.80. The van der Waals surface area contributed by atoms with Crippen LogP contribution in [0, 0.1) is 0 Å². The normalized spacial score (nSPS) is 13.5. The average Bonchev–Trinajstić information content (AvgIpc) is 2.39. The van der Waals surface area contributed by atoms with Gasteiger partial charge in [0.1, 0.15) is 12.1 Å². The van der Waals surface area contributed by atoms with Crippen LogP contribution in [0.4, 0.5) is 0 Å². The summed E-state index contributed by atoms with van der Waals surface area (Å²) in [7, 11) is 0. The van der Waals surface area contributed by atoms with E-state index < -0.39 is 30.1 Å². The highest BCUT2D eigenvalue weighted by molar-refractivity contribution is 5.86. The van der Waals surface area contributed by atoms with Gasteiger partial charge in [0.15, 0.2) is 0 Å². The van der Waals surface area contributed by atoms with Gasteiger partial charge < -0.3 is 32.1 Å². The van der Waals surface area contributed by atoms with Gasteiger partial charge in [-0.15, -0.1) is 37.2 Å². The van der Waals surface area contributed by atoms with Crippen LogP contribution < -0.4 is 16.8 Å². The number of carbonyl (C=O) groups is 2. The van der Waals surface area contributed by atoms with Gasteiger partial charge in [-0.05, 0) is 32.2 Å². The molecule has 0 saturated heterocycles. The Morgan fingerprint density at radius 1 is 0.870 bits per heavy atom. The van der Waals surface area contributed by atoms with Gasteiger partial charge in [0, 0.05) is 6.54 Å². The van der Waals surface area contributed by atoms with Crippen LogP contribution >= 0.6 is 37.2 Å². The van der Waals surface area contributed by atoms with Crippen molar-refractivity contribution < 1.29 is 24.9 Å². The summed E-state index contributed by atoms with van der Waals surface area (Å²) >= 11 is 0. The first-order valence-electron chi connectivity index (χ1n) is 6.70. The lowest BCUT2D eigenvalue weighted by molar-refractivity contribution is -0.139. The number of hydrogen-bond donors (Lipinski definition) is 6. The first kappa shape index (κ1) is 30.5. The summed E-state index contributed by atoms with van der Waals surface area (Å²) in [5.41, 5.74) is 10.7. The molecule has 23 heavy (non-hydrogen) atoms. The smallest absolute Gasteiger partial charge is 0.320 e. The minimum absolute atomic E-state index is 0. The summed E-state index contributed by atoms with van der Waals surface area (Å²) < 4.78 is 0. The van der Waals surface area contributed by atoms with Crippen molar-refractivity contribution in [1.29, 1.82) is 0 Å². The molecule has 142 valence electrons. The van der Waals surface area contributed by atoms with Gasteiger partial charge in [0.2, 0.25) is 0 Å². The lowest BCUT2D eigenvalue weighted by atomic mass is 10.1. The predicted octanol–water partition coefficient (Wildman–Crippen LogP) is -0.0234. The summed E-state index contributed by atoms with van der Waals surface area (Å²) in [5, 5.41) is 29.8. The molecule has 0 bridgehead atoms. The maximum absolute atomic E-state index is 10.5. The van der Waals surface area contributed by atoms with E-state index in [0.717, 1.165) is 6.42 Å². The third kappa shape index (κ3) is 17.8. The van der Waals surface area contributed by atoms with Crippen LogP contribution in [0.5, 0.6) is 0 Å². The molecule has 0 heterocycles. The number of aliphatic hydroxyl groups excluding tert-OH is 1. The monoisotopic (exact) mass is 399 g/mol. The number of carboxylic acids is 2. The zero-order valence-electron chi connectivity index (χ0n) is 12.7. The fraction of sp³-hybridized carbons (Fsp3) is 0.833. The van der Waals surface area contributed by atoms with E-state index in [1.807, 2.05) is 0 Å². The molecule has 3 atom stereocenters. The molecular formula is C12H28Cl3N3O5. The average molecular weight is 401 g/mol. The number of aliphatic carboxylic acids is 2. The molecule has 0 amide bonds. The zero-order chi connectivity index (χ0) is 15.5. The SMILES string of the molecule is Cl.Cl.Cl.NC(CCCCNCC(O)CCC(N)C(=O)O)C(=O)O. The van der Waals surface area contributed by atoms with Crippen LogP contribution in [-0.4, -0.2) is 58.5 Å². The first-order valence-corrected chi connectivity index (χ1v) is 6.70. The molecule has 0 radical (unpaired) electrons. The maximum atomic E-state index is 10.5. The van der Waals surface area contributed by atoms with E-state index in [9.17, 15) is 14.7 Å². The van der Waals surface area contributed by atoms with E-state index >= 15 is 0 Å². The van der Waals surface area contributed by atoms with E-state index in [-0.39, 0.29) is 43.6 Å². The minimum Gasteiger partial charge on any atom is -0.480 e. The maximum Gasteiger partial charge on any atom is 0.320 e. The van der Waals surface area contributed by atoms with Gasteiger partial charge in [-0.3, -0.25) is 9.59 Å². The number of nitrogens with one attached hydrogen (secondary N) is 1. The molecule has 11 heteroatoms. The van der Waals surface area contributed by atoms with Crippen LogP contribution in [0.3, 0.4) is 0 Å². The van der Waals surface area contributed by atoms with Gasteiger partial charge in [0.05, 0.1) is 6.10 Å². The second-order valence-electron chi connectivity index (χ2n) is 4.82. The molecule has 0 aliphatic carbocycles. The van der Waals surface area contributed by atoms with Gasteiger partial charge in [-0.1, -0.05) is 6.42 Å². The molecule has 8 N–H and O–H groups in total. The molecule has 0 aliphatic heterocycles. The van der Waals surface area contributed by atoms with Crippen LogP contribution in [0.25, 0.3) is 0 Å². The fourth-order valence-electron chi connectivity index (χ4n) is 1.60. The summed E-state index contributed by atoms with van der Waals surface area (Å²) in [6.45, 7) is 1.01. The van der Waals surface area contributed by atoms with Crippen LogP contribution in [0.15, 0.2) is 0 Å². The van der Waals surface area contributed by atoms with Crippen LogP contribution in [0.2, 0.25) is 0 Å². The summed E-state index contributed by atoms with van der Waals surface area (Å²) in [5.74, 6) is -2.07. The quantitative estimate of drug-likeness (QED) is 0.249. The Morgan fingerprint density at radius 2 is 1.35 bits per heavy atom. The van der Waals surface area contributed by atoms with Gasteiger partial charge >= 0.3 is 11.9 Å². The Kier molecular flexibility index (Phi) is 23.9. The van der Waals surface area contributed by atoms with E-state index in [0.29, 0.717) is 32.4 Å². The Bertz CT molecular complexity index is 314. The molecule has 0 aromatic rings. The lowest BCUT2D eigenvalue weighted by Crippen LogP contribution is -2.33. The molecule has 0 saturated carbocycles. The Hall–Kier alpha value is -0.350. The molecule has 3 unspecified atom stereocenters. The van der Waals surface area contributed by atoms with Crippen molar-refractivity contribution in [3.63, 3.8) is 0 Å². The second-order valence-corrected chi connectivity index (χ2v) is 4.82. The van der Waals surface area contributed by atoms with E-state index in [1.165, 1.54) is 0 Å². The standard InChI is InChI=1S/C12H25N3O5.3ClH/c13-9(11(17)18)3-1-2-6-15-7-8(16)4-5-10(14)12(19)20;;;/h8-10,15-16H,1-7,13-14H2,(H,17,18)(H,19,20);3*1H. The van der Waals surface area contributed by atoms with Crippen molar-refractivity contribution in [1.82, 2.24) is 5.32 Å². The topological polar surface area (TPSA) is 159 Å². The Morgan fingerprint density at radius 3 is 1.83 bits per heavy atom. The van der Waals surface area contributed by atoms with Crippen LogP contribution in [-0.2, 0) is 9.59 Å². The van der Waals surface area contributed by atoms with Crippen molar-refractivity contribution in [3.05, 3.63) is 0 Å². The summed E-state index contributed by atoms with van der Waals surface area (Å²) in [6, 6.07) is -1.76. The highest BCUT2D eigenvalue weighted by Gasteiger charge is 2.14. The van der Waals surface area contributed by atoms with Gasteiger partial charge in [-0.25, -0.2) is 0 Å². The molecule has 8 nitrogen and oxygen atoms in total. The second kappa shape index (κ2) is 18.0. The Balaban J connectivity index is -0.000000602. The largest absolute Gasteiger partial charge is 0.480 e. The van der Waals surface area contributed by atoms with Crippen LogP contribution in [0.1, 0.15) is 32.1 Å². The molecule has 0 aliphatic rings. The number of halogens is 3. The van der Waals surface area contributed by atoms with Crippen molar-refractivity contribution in [2.45, 2.75) is 50.3 Å². The first-order chi connectivity index (χ1) is 9.34. The number of aliphatic hydroxyl groups is 1. The molecular weight excluding hydrogens is 373 g/mol. The highest BCUT2D eigenvalue weighted by Crippen LogP contribution is 2.01. The van der Waals surface area contributed by atoms with Crippen molar-refractivity contribution in [3.8, 4) is 0 Å². The van der Waals surface area contributed by atoms with E-state index in [4.69, 9.17) is 21.7 Å². The number of unbranched alkanes of at least 4 members (excludes halogenated alkanes) is 1. The molecule has 0 spiro atoms. The number of carboxylic acid groups (broad SMARTS) is 2. The highest BCUT2D eigenvalue weighted by atomic mass is 35.5. The molecule has 0 aromatic carbocycles. The fourth-order valence-corrected chi connectivity index (χ4v) is 1.60. The zero-order valence-corrected chi connectivity index (χ0v) is 15.2. The van der Waals surface area contributed by atoms with E-state index in [1.54, 1.807) is 0 Å². The van der Waals surface area contributed by atoms with Crippen molar-refractivity contribution in [2.75, 3.05) is 13.1 Å². The number of rotatable bonds is 12.